The maximum absolute atomic E-state index is 4.04. The number of nitrogens with zero attached hydrogens (tertiary/aromatic N) is 2. The van der Waals surface area contributed by atoms with Crippen molar-refractivity contribution in [2.75, 3.05) is 11.9 Å². The minimum absolute atomic E-state index is 0.902. The first kappa shape index (κ1) is 7.98. The summed E-state index contributed by atoms with van der Waals surface area (Å²) in [5, 5.41) is 13.5. The van der Waals surface area contributed by atoms with Crippen molar-refractivity contribution in [1.29, 1.82) is 0 Å². The third-order valence-electron chi connectivity index (χ3n) is 2.01. The van der Waals surface area contributed by atoms with Gasteiger partial charge in [0.05, 0.1) is 0 Å². The van der Waals surface area contributed by atoms with E-state index in [2.05, 4.69) is 22.4 Å². The van der Waals surface area contributed by atoms with Crippen LogP contribution in [0.25, 0.3) is 0 Å². The van der Waals surface area contributed by atoms with E-state index >= 15 is 0 Å². The lowest BCUT2D eigenvalue weighted by molar-refractivity contribution is 0.879. The quantitative estimate of drug-likeness (QED) is 0.775. The monoisotopic (exact) mass is 183 g/mol. The van der Waals surface area contributed by atoms with Gasteiger partial charge in [-0.25, -0.2) is 0 Å². The zero-order valence-electron chi connectivity index (χ0n) is 7.21. The molecule has 0 atom stereocenters. The lowest BCUT2D eigenvalue weighted by Crippen LogP contribution is -2.02. The molecule has 0 aromatic carbocycles. The third kappa shape index (κ3) is 1.94. The smallest absolute Gasteiger partial charge is 0.205 e. The molecule has 1 heterocycles. The van der Waals surface area contributed by atoms with Crippen LogP contribution in [0.5, 0.6) is 0 Å². The highest BCUT2D eigenvalue weighted by molar-refractivity contribution is 7.15. The lowest BCUT2D eigenvalue weighted by Gasteiger charge is -1.96. The van der Waals surface area contributed by atoms with Gasteiger partial charge in [-0.15, -0.1) is 10.2 Å². The van der Waals surface area contributed by atoms with Gasteiger partial charge in [-0.1, -0.05) is 18.3 Å². The van der Waals surface area contributed by atoms with Crippen LogP contribution in [0, 0.1) is 5.92 Å². The Morgan fingerprint density at radius 2 is 2.33 bits per heavy atom. The van der Waals surface area contributed by atoms with E-state index in [4.69, 9.17) is 0 Å². The van der Waals surface area contributed by atoms with E-state index in [9.17, 15) is 0 Å². The third-order valence-corrected chi connectivity index (χ3v) is 3.03. The number of nitrogens with one attached hydrogen (secondary N) is 1. The Morgan fingerprint density at radius 1 is 1.50 bits per heavy atom. The molecule has 0 unspecified atom stereocenters. The first-order valence-electron chi connectivity index (χ1n) is 4.44. The molecule has 1 N–H and O–H groups in total. The fourth-order valence-corrected chi connectivity index (χ4v) is 1.71. The zero-order chi connectivity index (χ0) is 8.39. The molecule has 0 spiro atoms. The molecular weight excluding hydrogens is 170 g/mol. The molecule has 1 fully saturated rings. The van der Waals surface area contributed by atoms with Gasteiger partial charge in [0.1, 0.15) is 5.01 Å². The van der Waals surface area contributed by atoms with Crippen LogP contribution < -0.4 is 5.32 Å². The van der Waals surface area contributed by atoms with Gasteiger partial charge >= 0.3 is 0 Å². The summed E-state index contributed by atoms with van der Waals surface area (Å²) in [5.74, 6) is 0.902. The molecule has 0 saturated heterocycles. The van der Waals surface area contributed by atoms with Crippen LogP contribution in [0.4, 0.5) is 5.13 Å². The summed E-state index contributed by atoms with van der Waals surface area (Å²) < 4.78 is 0. The van der Waals surface area contributed by atoms with Gasteiger partial charge in [0, 0.05) is 6.54 Å². The molecule has 0 radical (unpaired) electrons. The largest absolute Gasteiger partial charge is 0.360 e. The fourth-order valence-electron chi connectivity index (χ4n) is 1.02. The van der Waals surface area contributed by atoms with Crippen LogP contribution in [-0.4, -0.2) is 16.7 Å². The van der Waals surface area contributed by atoms with E-state index in [0.717, 1.165) is 29.0 Å². The molecule has 1 aromatic rings. The molecule has 0 amide bonds. The van der Waals surface area contributed by atoms with Crippen molar-refractivity contribution in [2.24, 2.45) is 5.92 Å². The number of hydrogen-bond donors (Lipinski definition) is 1. The second-order valence-electron chi connectivity index (χ2n) is 3.18. The van der Waals surface area contributed by atoms with Crippen molar-refractivity contribution < 1.29 is 0 Å². The van der Waals surface area contributed by atoms with Crippen molar-refractivity contribution in [3.63, 3.8) is 0 Å². The van der Waals surface area contributed by atoms with Gasteiger partial charge in [-0.05, 0) is 25.2 Å². The Morgan fingerprint density at radius 3 is 2.92 bits per heavy atom. The molecule has 1 aromatic heterocycles. The average Bonchev–Trinajstić information content (AvgIpc) is 2.81. The van der Waals surface area contributed by atoms with Gasteiger partial charge in [-0.3, -0.25) is 0 Å². The van der Waals surface area contributed by atoms with Gasteiger partial charge in [0.2, 0.25) is 5.13 Å². The number of aromatic nitrogens is 2. The van der Waals surface area contributed by atoms with Gasteiger partial charge in [-0.2, -0.15) is 0 Å². The standard InChI is InChI=1S/C8H13N3S/c1-2-7-10-11-8(12-7)9-5-6-3-4-6/h6H,2-5H2,1H3,(H,9,11). The zero-order valence-corrected chi connectivity index (χ0v) is 8.02. The van der Waals surface area contributed by atoms with Gasteiger partial charge in [0.25, 0.3) is 0 Å². The van der Waals surface area contributed by atoms with Crippen molar-refractivity contribution in [1.82, 2.24) is 10.2 Å². The summed E-state index contributed by atoms with van der Waals surface area (Å²) in [6.07, 6.45) is 3.75. The summed E-state index contributed by atoms with van der Waals surface area (Å²) >= 11 is 1.67. The first-order chi connectivity index (χ1) is 5.88. The fraction of sp³-hybridized carbons (Fsp3) is 0.750. The Kier molecular flexibility index (Phi) is 2.26. The summed E-state index contributed by atoms with van der Waals surface area (Å²) in [6.45, 7) is 3.18. The van der Waals surface area contributed by atoms with E-state index in [-0.39, 0.29) is 0 Å². The molecule has 1 aliphatic carbocycles. The normalized spacial score (nSPS) is 16.4. The van der Waals surface area contributed by atoms with Crippen LogP contribution >= 0.6 is 11.3 Å². The highest BCUT2D eigenvalue weighted by Gasteiger charge is 2.20. The number of anilines is 1. The first-order valence-corrected chi connectivity index (χ1v) is 5.26. The van der Waals surface area contributed by atoms with E-state index in [1.807, 2.05) is 0 Å². The molecule has 1 saturated carbocycles. The van der Waals surface area contributed by atoms with Crippen molar-refractivity contribution in [3.8, 4) is 0 Å². The van der Waals surface area contributed by atoms with E-state index in [0.29, 0.717) is 0 Å². The predicted molar refractivity (Wildman–Crippen MR) is 50.5 cm³/mol. The number of hydrogen-bond acceptors (Lipinski definition) is 4. The Labute approximate surface area is 76.2 Å². The molecular formula is C8H13N3S. The van der Waals surface area contributed by atoms with Crippen molar-refractivity contribution in [3.05, 3.63) is 5.01 Å². The van der Waals surface area contributed by atoms with Crippen LogP contribution in [0.3, 0.4) is 0 Å². The second-order valence-corrected chi connectivity index (χ2v) is 4.24. The Bertz CT molecular complexity index is 255. The highest BCUT2D eigenvalue weighted by atomic mass is 32.1. The van der Waals surface area contributed by atoms with Crippen LogP contribution in [0.2, 0.25) is 0 Å². The van der Waals surface area contributed by atoms with Crippen LogP contribution in [-0.2, 0) is 6.42 Å². The van der Waals surface area contributed by atoms with Crippen LogP contribution in [0.15, 0.2) is 0 Å². The molecule has 4 heteroatoms. The molecule has 2 rings (SSSR count). The van der Waals surface area contributed by atoms with Crippen LogP contribution in [0.1, 0.15) is 24.8 Å². The van der Waals surface area contributed by atoms with E-state index in [1.165, 1.54) is 12.8 Å². The summed E-state index contributed by atoms with van der Waals surface area (Å²) in [4.78, 5) is 0. The van der Waals surface area contributed by atoms with E-state index < -0.39 is 0 Å². The number of rotatable bonds is 4. The maximum atomic E-state index is 4.04. The molecule has 0 aliphatic heterocycles. The summed E-state index contributed by atoms with van der Waals surface area (Å²) in [5.41, 5.74) is 0. The number of aryl methyl sites for hydroxylation is 1. The van der Waals surface area contributed by atoms with Gasteiger partial charge < -0.3 is 5.32 Å². The molecule has 3 nitrogen and oxygen atoms in total. The summed E-state index contributed by atoms with van der Waals surface area (Å²) in [6, 6.07) is 0. The predicted octanol–water partition coefficient (Wildman–Crippen LogP) is 1.92. The minimum atomic E-state index is 0.902. The SMILES string of the molecule is CCc1nnc(NCC2CC2)s1. The highest BCUT2D eigenvalue weighted by Crippen LogP contribution is 2.29. The van der Waals surface area contributed by atoms with Gasteiger partial charge in [0.15, 0.2) is 0 Å². The summed E-state index contributed by atoms with van der Waals surface area (Å²) in [7, 11) is 0. The maximum Gasteiger partial charge on any atom is 0.205 e. The molecule has 1 aliphatic rings. The molecule has 66 valence electrons. The molecule has 12 heavy (non-hydrogen) atoms. The van der Waals surface area contributed by atoms with Crippen molar-refractivity contribution in [2.45, 2.75) is 26.2 Å². The minimum Gasteiger partial charge on any atom is -0.360 e. The second kappa shape index (κ2) is 3.39. The van der Waals surface area contributed by atoms with Crippen molar-refractivity contribution >= 4 is 16.5 Å². The lowest BCUT2D eigenvalue weighted by atomic mass is 10.4. The Hall–Kier alpha value is -0.640. The topological polar surface area (TPSA) is 37.8 Å². The Balaban J connectivity index is 1.84. The average molecular weight is 183 g/mol. The molecule has 0 bridgehead atoms. The van der Waals surface area contributed by atoms with E-state index in [1.54, 1.807) is 11.3 Å².